The Bertz CT molecular complexity index is 3840. The number of imide groups is 1. The monoisotopic (exact) mass is 1410 g/mol. The van der Waals surface area contributed by atoms with Crippen molar-refractivity contribution in [2.24, 2.45) is 5.73 Å². The van der Waals surface area contributed by atoms with Gasteiger partial charge in [-0.3, -0.25) is 24.8 Å². The third-order valence-electron chi connectivity index (χ3n) is 11.5. The smallest absolute Gasteiger partial charge is 0.427 e. The number of nitrogens with zero attached hydrogens (tertiary/aromatic N) is 6. The molecule has 508 valence electrons. The molecule has 2 aliphatic rings. The van der Waals surface area contributed by atoms with E-state index in [0.717, 1.165) is 49.9 Å². The van der Waals surface area contributed by atoms with E-state index in [1.165, 1.54) is 61.8 Å². The van der Waals surface area contributed by atoms with Crippen LogP contribution in [0.5, 0.6) is 23.5 Å². The molecule has 2 unspecified atom stereocenters. The number of anilines is 3. The standard InChI is InChI=1S/C17H17ClFNO4.C15H16F3N5O4S.C14H10F4N4O7S.C5H12NO4P/c1-9(2)15-16(21)20(17(22)24-15)13-8-14(11(18)7-12(13)19)23-10-5-3-4-6-10;1-9-19-12(22-14(20-9)27-2)21-13(24)23-28(25,26)11-6-4-3-5-10(11)7-8-15(16,17)18;15-11(16)28-8-5-9(29-12(17)18)20-13(19-8)21-14(25)22-30(26,27)7-4-2-1-3-6(7)10(23)24;1-11(9,10)3-2-4(6)5(7)8/h7-8,10H,3-6H2,1-2H3;3-6H,7-8H2,1-2H3,(H2,19,20,21,22,23,24);1-5,11-12H,(H,23,24)(H2,19,20,21,22,25);4H,2-3,6H2,1H3,(H,7,8)(H,9,10). The summed E-state index contributed by atoms with van der Waals surface area (Å²) in [6, 6.07) is 8.33. The summed E-state index contributed by atoms with van der Waals surface area (Å²) < 4.78 is 188. The minimum absolute atomic E-state index is 0.00962. The number of nitrogens with two attached hydrogens (primary N) is 1. The van der Waals surface area contributed by atoms with Gasteiger partial charge in [-0.25, -0.2) is 54.7 Å². The summed E-state index contributed by atoms with van der Waals surface area (Å²) in [5.41, 5.74) is 4.69. The molecule has 3 heterocycles. The maximum absolute atomic E-state index is 14.3. The van der Waals surface area contributed by atoms with Crippen molar-refractivity contribution in [3.8, 4) is 23.5 Å². The van der Waals surface area contributed by atoms with E-state index >= 15 is 0 Å². The van der Waals surface area contributed by atoms with Gasteiger partial charge in [-0.15, -0.1) is 0 Å². The van der Waals surface area contributed by atoms with Gasteiger partial charge in [0.15, 0.2) is 13.1 Å². The maximum Gasteiger partial charge on any atom is 0.427 e. The number of urea groups is 2. The van der Waals surface area contributed by atoms with E-state index in [9.17, 15) is 85.3 Å². The van der Waals surface area contributed by atoms with E-state index in [1.54, 1.807) is 23.9 Å². The molecule has 1 saturated carbocycles. The predicted octanol–water partition coefficient (Wildman–Crippen LogP) is 8.35. The number of benzene rings is 3. The van der Waals surface area contributed by atoms with Crippen LogP contribution in [0.15, 0.2) is 87.9 Å². The fourth-order valence-electron chi connectivity index (χ4n) is 7.46. The van der Waals surface area contributed by atoms with E-state index < -0.39 is 141 Å². The van der Waals surface area contributed by atoms with Crippen molar-refractivity contribution in [2.45, 2.75) is 107 Å². The van der Waals surface area contributed by atoms with Crippen molar-refractivity contribution < 1.29 is 124 Å². The highest BCUT2D eigenvalue weighted by Crippen LogP contribution is 2.38. The van der Waals surface area contributed by atoms with Crippen LogP contribution in [0.25, 0.3) is 0 Å². The van der Waals surface area contributed by atoms with Gasteiger partial charge in [0.2, 0.25) is 23.7 Å². The molecule has 2 fully saturated rings. The molecule has 42 heteroatoms. The molecule has 2 aromatic heterocycles. The number of carbonyl (C=O) groups excluding carboxylic acids is 4. The zero-order valence-corrected chi connectivity index (χ0v) is 51.9. The van der Waals surface area contributed by atoms with Crippen LogP contribution < -0.4 is 49.7 Å². The first-order valence-corrected chi connectivity index (χ1v) is 31.7. The van der Waals surface area contributed by atoms with E-state index in [0.29, 0.717) is 16.5 Å². The highest BCUT2D eigenvalue weighted by Gasteiger charge is 2.41. The lowest BCUT2D eigenvalue weighted by Gasteiger charge is -2.18. The number of allylic oxidation sites excluding steroid dienone is 1. The first-order chi connectivity index (χ1) is 43.2. The number of sulfonamides is 2. The summed E-state index contributed by atoms with van der Waals surface area (Å²) in [5, 5.41) is 21.2. The SMILES string of the molecule is CC(C)=C1OC(=O)N(c2cc(OC3CCCC3)c(Cl)cc2F)C1=O.COc1nc(C)nc(NC(=O)NS(=O)(=O)c2ccccc2CCC(F)(F)F)n1.CP(=O)(O)CCC(N)C(=O)O.O=C(Nc1nc(OC(F)F)cc(OC(F)F)n1)NS(=O)(=O)c1ccccc1C(=O)O. The number of rotatable bonds is 21. The van der Waals surface area contributed by atoms with Gasteiger partial charge in [0.25, 0.3) is 20.0 Å². The number of aliphatic carboxylic acids is 1. The Morgan fingerprint density at radius 3 is 1.85 bits per heavy atom. The van der Waals surface area contributed by atoms with Crippen LogP contribution in [0, 0.1) is 12.7 Å². The number of ether oxygens (including phenoxy) is 5. The Balaban J connectivity index is 0.000000276. The van der Waals surface area contributed by atoms with Crippen molar-refractivity contribution in [3.63, 3.8) is 0 Å². The quantitative estimate of drug-likeness (QED) is 0.0194. The average molecular weight is 1410 g/mol. The van der Waals surface area contributed by atoms with Crippen molar-refractivity contribution in [2.75, 3.05) is 35.5 Å². The van der Waals surface area contributed by atoms with Crippen molar-refractivity contribution in [3.05, 3.63) is 106 Å². The van der Waals surface area contributed by atoms with Gasteiger partial charge in [-0.2, -0.15) is 55.7 Å². The third kappa shape index (κ3) is 24.8. The molecule has 2 atom stereocenters. The second-order valence-electron chi connectivity index (χ2n) is 19.1. The molecular weight excluding hydrogens is 1350 g/mol. The number of amides is 6. The Morgan fingerprint density at radius 2 is 1.35 bits per heavy atom. The predicted molar refractivity (Wildman–Crippen MR) is 307 cm³/mol. The van der Waals surface area contributed by atoms with Crippen LogP contribution in [-0.4, -0.2) is 144 Å². The molecule has 0 radical (unpaired) electrons. The van der Waals surface area contributed by atoms with Crippen LogP contribution in [0.1, 0.15) is 74.1 Å². The molecule has 1 aliphatic heterocycles. The number of methoxy groups -OCH3 is 1. The fraction of sp³-hybridized carbons (Fsp3) is 0.353. The molecular formula is C51H55ClF8N11O19PS2. The van der Waals surface area contributed by atoms with Gasteiger partial charge < -0.3 is 44.5 Å². The van der Waals surface area contributed by atoms with Crippen LogP contribution in [0.3, 0.4) is 0 Å². The Hall–Kier alpha value is -9.11. The number of alkyl halides is 7. The van der Waals surface area contributed by atoms with Crippen molar-refractivity contribution >= 4 is 92.6 Å². The minimum atomic E-state index is -4.71. The molecule has 1 saturated heterocycles. The number of aromatic nitrogens is 5. The van der Waals surface area contributed by atoms with E-state index in [2.05, 4.69) is 39.7 Å². The van der Waals surface area contributed by atoms with Gasteiger partial charge >= 0.3 is 61.4 Å². The number of halogens is 9. The van der Waals surface area contributed by atoms with E-state index in [1.807, 2.05) is 0 Å². The second-order valence-corrected chi connectivity index (χ2v) is 25.3. The number of hydrogen-bond acceptors (Lipinski definition) is 22. The molecule has 0 spiro atoms. The number of aryl methyl sites for hydroxylation is 2. The minimum Gasteiger partial charge on any atom is -0.489 e. The zero-order valence-electron chi connectivity index (χ0n) is 48.6. The van der Waals surface area contributed by atoms with Crippen molar-refractivity contribution in [1.29, 1.82) is 0 Å². The number of aromatic carboxylic acids is 1. The summed E-state index contributed by atoms with van der Waals surface area (Å²) in [6.45, 7) is -0.862. The fourth-order valence-corrected chi connectivity index (χ4v) is 10.7. The van der Waals surface area contributed by atoms with Crippen LogP contribution in [-0.2, 0) is 45.4 Å². The van der Waals surface area contributed by atoms with Crippen LogP contribution >= 0.6 is 19.0 Å². The summed E-state index contributed by atoms with van der Waals surface area (Å²) in [4.78, 5) is 95.7. The number of nitrogens with one attached hydrogen (secondary N) is 4. The number of cyclic esters (lactones) is 1. The van der Waals surface area contributed by atoms with Crippen molar-refractivity contribution in [1.82, 2.24) is 34.4 Å². The van der Waals surface area contributed by atoms with Crippen LogP contribution in [0.2, 0.25) is 5.02 Å². The van der Waals surface area contributed by atoms with E-state index in [4.69, 9.17) is 46.7 Å². The second kappa shape index (κ2) is 33.5. The molecule has 7 rings (SSSR count). The normalized spacial score (nSPS) is 14.1. The molecule has 6 amide bonds. The molecule has 9 N–H and O–H groups in total. The number of carbonyl (C=O) groups is 6. The average Bonchev–Trinajstić information content (AvgIpc) is 1.72. The molecule has 3 aromatic carbocycles. The molecule has 5 aromatic rings. The van der Waals surface area contributed by atoms with E-state index in [-0.39, 0.29) is 64.3 Å². The number of carboxylic acid groups (broad SMARTS) is 2. The largest absolute Gasteiger partial charge is 0.489 e. The van der Waals surface area contributed by atoms with Gasteiger partial charge in [0.1, 0.15) is 28.3 Å². The lowest BCUT2D eigenvalue weighted by molar-refractivity contribution is -0.138. The Labute approximate surface area is 526 Å². The molecule has 0 bridgehead atoms. The van der Waals surface area contributed by atoms with Gasteiger partial charge in [0, 0.05) is 25.3 Å². The Morgan fingerprint density at radius 1 is 0.828 bits per heavy atom. The van der Waals surface area contributed by atoms with Gasteiger partial charge in [-0.05, 0) is 94.7 Å². The van der Waals surface area contributed by atoms with Gasteiger partial charge in [0.05, 0.1) is 40.4 Å². The molecule has 30 nitrogen and oxygen atoms in total. The van der Waals surface area contributed by atoms with Gasteiger partial charge in [-0.1, -0.05) is 41.9 Å². The summed E-state index contributed by atoms with van der Waals surface area (Å²) >= 11 is 6.04. The Kier molecular flexibility index (Phi) is 27.5. The molecule has 1 aliphatic carbocycles. The number of hydrogen-bond donors (Lipinski definition) is 8. The highest BCUT2D eigenvalue weighted by molar-refractivity contribution is 7.90. The highest BCUT2D eigenvalue weighted by atomic mass is 35.5. The summed E-state index contributed by atoms with van der Waals surface area (Å²) in [7, 11) is -11.0. The topological polar surface area (TPSA) is 436 Å². The summed E-state index contributed by atoms with van der Waals surface area (Å²) in [5.74, 6) is -6.97. The lowest BCUT2D eigenvalue weighted by atomic mass is 10.1. The number of carboxylic acids is 2. The lowest BCUT2D eigenvalue weighted by Crippen LogP contribution is -2.35. The third-order valence-corrected chi connectivity index (χ3v) is 15.7. The first-order valence-electron chi connectivity index (χ1n) is 26.1. The van der Waals surface area contributed by atoms with Crippen LogP contribution in [0.4, 0.5) is 67.1 Å². The molecule has 93 heavy (non-hydrogen) atoms. The zero-order chi connectivity index (χ0) is 69.9. The summed E-state index contributed by atoms with van der Waals surface area (Å²) in [6.07, 6.45) is -3.20. The maximum atomic E-state index is 14.3. The first kappa shape index (κ1) is 76.3.